The molecule has 0 fully saturated rings. The molecule has 9 nitrogen and oxygen atoms in total. The number of allylic oxidation sites excluding steroid dienone is 2. The molecule has 3 aromatic heterocycles. The van der Waals surface area contributed by atoms with Gasteiger partial charge in [0.2, 0.25) is 0 Å². The van der Waals surface area contributed by atoms with Crippen molar-refractivity contribution in [3.8, 4) is 11.6 Å². The molecule has 0 spiro atoms. The Morgan fingerprint density at radius 3 is 2.93 bits per heavy atom. The zero-order chi connectivity index (χ0) is 20.0. The van der Waals surface area contributed by atoms with Crippen LogP contribution in [0.15, 0.2) is 40.4 Å². The highest BCUT2D eigenvalue weighted by molar-refractivity contribution is 7.98. The molecule has 2 bridgehead atoms. The fourth-order valence-corrected chi connectivity index (χ4v) is 3.92. The Kier molecular flexibility index (Phi) is 4.35. The van der Waals surface area contributed by atoms with E-state index in [1.807, 2.05) is 18.4 Å². The third-order valence-electron chi connectivity index (χ3n) is 4.98. The van der Waals surface area contributed by atoms with E-state index in [1.165, 1.54) is 11.8 Å². The Labute approximate surface area is 170 Å². The first kappa shape index (κ1) is 17.9. The van der Waals surface area contributed by atoms with E-state index in [-0.39, 0.29) is 18.1 Å². The molecule has 5 rings (SSSR count). The predicted molar refractivity (Wildman–Crippen MR) is 109 cm³/mol. The lowest BCUT2D eigenvalue weighted by Gasteiger charge is -2.28. The number of amides is 1. The number of anilines is 1. The highest BCUT2D eigenvalue weighted by Gasteiger charge is 2.28. The van der Waals surface area contributed by atoms with Crippen LogP contribution in [0, 0.1) is 0 Å². The molecule has 0 aromatic carbocycles. The van der Waals surface area contributed by atoms with Crippen LogP contribution in [0.3, 0.4) is 0 Å². The summed E-state index contributed by atoms with van der Waals surface area (Å²) in [6.45, 7) is 0.959. The number of hydrogen-bond acceptors (Lipinski definition) is 7. The number of fused-ring (bicyclic) bond motifs is 5. The molecule has 148 valence electrons. The van der Waals surface area contributed by atoms with Crippen molar-refractivity contribution in [2.75, 3.05) is 24.3 Å². The SMILES string of the molecule is CSc1ncc2c(=O)n3n(c2n1)-c1ccc2c(n1)N(CCC/C=C\C3)C(=O)CO2. The van der Waals surface area contributed by atoms with Crippen LogP contribution in [-0.2, 0) is 11.3 Å². The van der Waals surface area contributed by atoms with Crippen LogP contribution >= 0.6 is 11.8 Å². The smallest absolute Gasteiger partial charge is 0.278 e. The lowest BCUT2D eigenvalue weighted by Crippen LogP contribution is -2.40. The molecule has 3 aromatic rings. The van der Waals surface area contributed by atoms with Crippen molar-refractivity contribution < 1.29 is 9.53 Å². The average molecular weight is 410 g/mol. The summed E-state index contributed by atoms with van der Waals surface area (Å²) in [5.41, 5.74) is 0.305. The number of carbonyl (C=O) groups is 1. The van der Waals surface area contributed by atoms with E-state index in [2.05, 4.69) is 9.97 Å². The fraction of sp³-hybridized carbons (Fsp3) is 0.316. The fourth-order valence-electron chi connectivity index (χ4n) is 3.58. The van der Waals surface area contributed by atoms with Gasteiger partial charge in [0.1, 0.15) is 5.39 Å². The van der Waals surface area contributed by atoms with Gasteiger partial charge in [-0.3, -0.25) is 14.5 Å². The summed E-state index contributed by atoms with van der Waals surface area (Å²) in [7, 11) is 0. The maximum atomic E-state index is 13.0. The van der Waals surface area contributed by atoms with Crippen molar-refractivity contribution in [1.29, 1.82) is 0 Å². The van der Waals surface area contributed by atoms with Crippen LogP contribution in [0.1, 0.15) is 12.8 Å². The molecule has 0 saturated heterocycles. The summed E-state index contributed by atoms with van der Waals surface area (Å²) in [6, 6.07) is 3.56. The molecular weight excluding hydrogens is 392 g/mol. The standard InChI is InChI=1S/C19H18N6O3S/c1-29-19-20-10-12-16(22-19)25-14-7-6-13-17(21-14)23(15(26)11-28-13)8-4-2-3-5-9-24(25)18(12)27/h3,5-7,10H,2,4,8-9,11H2,1H3/b5-3-. The molecule has 0 radical (unpaired) electrons. The van der Waals surface area contributed by atoms with Crippen molar-refractivity contribution in [1.82, 2.24) is 24.3 Å². The van der Waals surface area contributed by atoms with Crippen LogP contribution in [-0.4, -0.2) is 49.6 Å². The Morgan fingerprint density at radius 2 is 2.07 bits per heavy atom. The van der Waals surface area contributed by atoms with Gasteiger partial charge in [0.25, 0.3) is 11.5 Å². The normalized spacial score (nSPS) is 17.3. The lowest BCUT2D eigenvalue weighted by atomic mass is 10.2. The Hall–Kier alpha value is -3.14. The Balaban J connectivity index is 1.81. The van der Waals surface area contributed by atoms with Gasteiger partial charge in [0.15, 0.2) is 34.8 Å². The zero-order valence-corrected chi connectivity index (χ0v) is 16.6. The number of pyridine rings is 1. The maximum absolute atomic E-state index is 13.0. The Morgan fingerprint density at radius 1 is 1.17 bits per heavy atom. The van der Waals surface area contributed by atoms with Crippen LogP contribution in [0.2, 0.25) is 0 Å². The van der Waals surface area contributed by atoms with Gasteiger partial charge in [-0.2, -0.15) is 0 Å². The topological polar surface area (TPSA) is 95.1 Å². The molecule has 2 aliphatic rings. The van der Waals surface area contributed by atoms with Gasteiger partial charge in [-0.15, -0.1) is 0 Å². The highest BCUT2D eigenvalue weighted by atomic mass is 32.2. The molecule has 5 heterocycles. The zero-order valence-electron chi connectivity index (χ0n) is 15.7. The predicted octanol–water partition coefficient (Wildman–Crippen LogP) is 1.77. The summed E-state index contributed by atoms with van der Waals surface area (Å²) >= 11 is 1.40. The third-order valence-corrected chi connectivity index (χ3v) is 5.54. The summed E-state index contributed by atoms with van der Waals surface area (Å²) in [6.07, 6.45) is 9.02. The molecule has 0 saturated carbocycles. The van der Waals surface area contributed by atoms with Crippen LogP contribution in [0.4, 0.5) is 5.82 Å². The van der Waals surface area contributed by atoms with Gasteiger partial charge >= 0.3 is 0 Å². The van der Waals surface area contributed by atoms with Crippen molar-refractivity contribution in [2.24, 2.45) is 0 Å². The van der Waals surface area contributed by atoms with Crippen LogP contribution < -0.4 is 15.2 Å². The van der Waals surface area contributed by atoms with Crippen LogP contribution in [0.25, 0.3) is 16.9 Å². The van der Waals surface area contributed by atoms with Crippen molar-refractivity contribution in [3.63, 3.8) is 0 Å². The minimum Gasteiger partial charge on any atom is -0.480 e. The van der Waals surface area contributed by atoms with Crippen molar-refractivity contribution >= 4 is 34.5 Å². The van der Waals surface area contributed by atoms with Crippen LogP contribution in [0.5, 0.6) is 5.75 Å². The van der Waals surface area contributed by atoms with Gasteiger partial charge in [0.05, 0.1) is 6.54 Å². The molecule has 0 atom stereocenters. The van der Waals surface area contributed by atoms with E-state index in [9.17, 15) is 9.59 Å². The van der Waals surface area contributed by atoms with E-state index < -0.39 is 0 Å². The van der Waals surface area contributed by atoms with Crippen molar-refractivity contribution in [3.05, 3.63) is 40.8 Å². The van der Waals surface area contributed by atoms with E-state index in [1.54, 1.807) is 32.6 Å². The first-order chi connectivity index (χ1) is 14.2. The van der Waals surface area contributed by atoms with E-state index in [0.29, 0.717) is 46.7 Å². The number of aromatic nitrogens is 5. The average Bonchev–Trinajstić information content (AvgIpc) is 3.01. The largest absolute Gasteiger partial charge is 0.480 e. The van der Waals surface area contributed by atoms with E-state index >= 15 is 0 Å². The monoisotopic (exact) mass is 410 g/mol. The minimum absolute atomic E-state index is 0.00529. The molecule has 2 aliphatic heterocycles. The first-order valence-electron chi connectivity index (χ1n) is 9.29. The number of thioether (sulfide) groups is 1. The van der Waals surface area contributed by atoms with E-state index in [0.717, 1.165) is 12.8 Å². The first-order valence-corrected chi connectivity index (χ1v) is 10.5. The number of rotatable bonds is 1. The number of ether oxygens (including phenoxy) is 1. The summed E-state index contributed by atoms with van der Waals surface area (Å²) < 4.78 is 8.85. The lowest BCUT2D eigenvalue weighted by molar-refractivity contribution is -0.121. The second-order valence-electron chi connectivity index (χ2n) is 6.73. The van der Waals surface area contributed by atoms with Gasteiger partial charge < -0.3 is 4.74 Å². The Bertz CT molecular complexity index is 1210. The van der Waals surface area contributed by atoms with E-state index in [4.69, 9.17) is 9.72 Å². The second-order valence-corrected chi connectivity index (χ2v) is 7.51. The molecular formula is C19H18N6O3S. The van der Waals surface area contributed by atoms with Gasteiger partial charge in [0, 0.05) is 12.7 Å². The molecule has 29 heavy (non-hydrogen) atoms. The molecule has 0 unspecified atom stereocenters. The summed E-state index contributed by atoms with van der Waals surface area (Å²) in [5, 5.41) is 0.993. The quantitative estimate of drug-likeness (QED) is 0.343. The maximum Gasteiger partial charge on any atom is 0.278 e. The number of hydrogen-bond donors (Lipinski definition) is 0. The second kappa shape index (κ2) is 7.03. The molecule has 0 N–H and O–H groups in total. The molecule has 0 aliphatic carbocycles. The van der Waals surface area contributed by atoms with Gasteiger partial charge in [-0.05, 0) is 31.2 Å². The van der Waals surface area contributed by atoms with Gasteiger partial charge in [-0.1, -0.05) is 23.9 Å². The number of nitrogens with zero attached hydrogens (tertiary/aromatic N) is 6. The van der Waals surface area contributed by atoms with Gasteiger partial charge in [-0.25, -0.2) is 24.3 Å². The molecule has 10 heteroatoms. The molecule has 1 amide bonds. The third kappa shape index (κ3) is 2.91. The van der Waals surface area contributed by atoms with Crippen molar-refractivity contribution in [2.45, 2.75) is 24.5 Å². The minimum atomic E-state index is -0.182. The summed E-state index contributed by atoms with van der Waals surface area (Å²) in [4.78, 5) is 40.7. The number of carbonyl (C=O) groups excluding carboxylic acids is 1. The highest BCUT2D eigenvalue weighted by Crippen LogP contribution is 2.32. The summed E-state index contributed by atoms with van der Waals surface area (Å²) in [5.74, 6) is 1.41.